The van der Waals surface area contributed by atoms with E-state index in [4.69, 9.17) is 0 Å². The summed E-state index contributed by atoms with van der Waals surface area (Å²) in [6.07, 6.45) is 5.33. The molecule has 0 N–H and O–H groups in total. The summed E-state index contributed by atoms with van der Waals surface area (Å²) in [5, 5.41) is 0.755. The molecule has 0 spiro atoms. The highest BCUT2D eigenvalue weighted by atomic mass is 32.2. The van der Waals surface area contributed by atoms with Crippen molar-refractivity contribution < 1.29 is 0 Å². The number of benzene rings is 3. The van der Waals surface area contributed by atoms with Gasteiger partial charge in [-0.1, -0.05) is 97.4 Å². The summed E-state index contributed by atoms with van der Waals surface area (Å²) in [6, 6.07) is 32.9. The van der Waals surface area contributed by atoms with Gasteiger partial charge >= 0.3 is 0 Å². The standard InChI is InChI=1S/C27H30S3/c1-4-11-23(12-5-1)20-28-26-17-10-18-27(19-26,29-21-24-13-6-2-7-14-24)30-22-25-15-8-3-9-16-25/h1-9,11-16,26H,10,17-22H2. The van der Waals surface area contributed by atoms with E-state index in [0.29, 0.717) is 4.08 Å². The van der Waals surface area contributed by atoms with E-state index in [-0.39, 0.29) is 0 Å². The van der Waals surface area contributed by atoms with E-state index < -0.39 is 0 Å². The van der Waals surface area contributed by atoms with Crippen LogP contribution < -0.4 is 0 Å². The summed E-state index contributed by atoms with van der Waals surface area (Å²) in [5.41, 5.74) is 4.34. The Balaban J connectivity index is 1.42. The first-order valence-corrected chi connectivity index (χ1v) is 13.8. The van der Waals surface area contributed by atoms with Crippen molar-refractivity contribution in [1.82, 2.24) is 0 Å². The molecule has 1 unspecified atom stereocenters. The molecule has 0 heterocycles. The molecule has 1 atom stereocenters. The lowest BCUT2D eigenvalue weighted by Gasteiger charge is -2.40. The van der Waals surface area contributed by atoms with Crippen LogP contribution in [0.4, 0.5) is 0 Å². The lowest BCUT2D eigenvalue weighted by atomic mass is 9.99. The van der Waals surface area contributed by atoms with E-state index in [2.05, 4.69) is 126 Å². The Morgan fingerprint density at radius 3 is 1.60 bits per heavy atom. The number of hydrogen-bond donors (Lipinski definition) is 0. The maximum atomic E-state index is 2.27. The molecule has 0 bridgehead atoms. The van der Waals surface area contributed by atoms with E-state index >= 15 is 0 Å². The fraction of sp³-hybridized carbons (Fsp3) is 0.333. The predicted molar refractivity (Wildman–Crippen MR) is 138 cm³/mol. The van der Waals surface area contributed by atoms with Crippen LogP contribution in [0.1, 0.15) is 42.4 Å². The van der Waals surface area contributed by atoms with Crippen molar-refractivity contribution in [1.29, 1.82) is 0 Å². The summed E-state index contributed by atoms with van der Waals surface area (Å²) in [6.45, 7) is 0. The molecule has 1 saturated carbocycles. The third-order valence-corrected chi connectivity index (χ3v) is 10.5. The predicted octanol–water partition coefficient (Wildman–Crippen LogP) is 8.43. The highest BCUT2D eigenvalue weighted by molar-refractivity contribution is 8.17. The molecule has 3 aromatic rings. The van der Waals surface area contributed by atoms with Crippen LogP contribution in [0.2, 0.25) is 0 Å². The lowest BCUT2D eigenvalue weighted by molar-refractivity contribution is 0.501. The zero-order chi connectivity index (χ0) is 20.5. The summed E-state index contributed by atoms with van der Waals surface area (Å²) < 4.78 is 0.318. The molecule has 4 rings (SSSR count). The Morgan fingerprint density at radius 2 is 1.10 bits per heavy atom. The Kier molecular flexibility index (Phi) is 8.30. The van der Waals surface area contributed by atoms with Crippen LogP contribution in [0.15, 0.2) is 91.0 Å². The third-order valence-electron chi connectivity index (χ3n) is 5.64. The van der Waals surface area contributed by atoms with Crippen molar-refractivity contribution in [2.24, 2.45) is 0 Å². The van der Waals surface area contributed by atoms with Crippen molar-refractivity contribution in [2.45, 2.75) is 52.3 Å². The van der Waals surface area contributed by atoms with E-state index in [1.807, 2.05) is 0 Å². The first kappa shape index (κ1) is 21.9. The van der Waals surface area contributed by atoms with Gasteiger partial charge in [-0.15, -0.1) is 23.5 Å². The molecule has 1 fully saturated rings. The Labute approximate surface area is 194 Å². The smallest absolute Gasteiger partial charge is 0.0628 e. The number of thioether (sulfide) groups is 3. The monoisotopic (exact) mass is 450 g/mol. The first-order valence-electron chi connectivity index (χ1n) is 10.8. The third kappa shape index (κ3) is 6.60. The summed E-state index contributed by atoms with van der Waals surface area (Å²) in [4.78, 5) is 0. The van der Waals surface area contributed by atoms with Crippen molar-refractivity contribution in [2.75, 3.05) is 0 Å². The quantitative estimate of drug-likeness (QED) is 0.300. The maximum absolute atomic E-state index is 2.27. The van der Waals surface area contributed by atoms with E-state index in [1.165, 1.54) is 42.4 Å². The van der Waals surface area contributed by atoms with Gasteiger partial charge in [0.05, 0.1) is 4.08 Å². The van der Waals surface area contributed by atoms with Crippen LogP contribution >= 0.6 is 35.3 Å². The Hall–Kier alpha value is -1.29. The van der Waals surface area contributed by atoms with Crippen LogP contribution in [0.5, 0.6) is 0 Å². The molecule has 0 aliphatic heterocycles. The van der Waals surface area contributed by atoms with Crippen LogP contribution in [0.25, 0.3) is 0 Å². The number of hydrogen-bond acceptors (Lipinski definition) is 3. The first-order chi connectivity index (χ1) is 14.8. The van der Waals surface area contributed by atoms with Crippen LogP contribution in [-0.4, -0.2) is 9.33 Å². The van der Waals surface area contributed by atoms with Gasteiger partial charge in [0.25, 0.3) is 0 Å². The van der Waals surface area contributed by atoms with E-state index in [1.54, 1.807) is 0 Å². The molecule has 0 amide bonds. The molecule has 0 radical (unpaired) electrons. The molecule has 0 saturated heterocycles. The average molecular weight is 451 g/mol. The zero-order valence-corrected chi connectivity index (χ0v) is 19.9. The minimum absolute atomic E-state index is 0.318. The molecule has 156 valence electrons. The number of rotatable bonds is 9. The minimum Gasteiger partial charge on any atom is -0.154 e. The molecule has 0 aromatic heterocycles. The second-order valence-corrected chi connectivity index (χ2v) is 12.2. The Bertz CT molecular complexity index is 821. The zero-order valence-electron chi connectivity index (χ0n) is 17.4. The van der Waals surface area contributed by atoms with Crippen molar-refractivity contribution in [3.05, 3.63) is 108 Å². The van der Waals surface area contributed by atoms with Crippen molar-refractivity contribution in [3.8, 4) is 0 Å². The maximum Gasteiger partial charge on any atom is 0.0628 e. The van der Waals surface area contributed by atoms with Crippen molar-refractivity contribution in [3.63, 3.8) is 0 Å². The van der Waals surface area contributed by atoms with Gasteiger partial charge in [0.1, 0.15) is 0 Å². The summed E-state index contributed by atoms with van der Waals surface area (Å²) >= 11 is 6.55. The van der Waals surface area contributed by atoms with E-state index in [9.17, 15) is 0 Å². The van der Waals surface area contributed by atoms with Gasteiger partial charge in [0.15, 0.2) is 0 Å². The molecule has 0 nitrogen and oxygen atoms in total. The van der Waals surface area contributed by atoms with Gasteiger partial charge in [-0.25, -0.2) is 0 Å². The van der Waals surface area contributed by atoms with Gasteiger partial charge in [0, 0.05) is 22.5 Å². The van der Waals surface area contributed by atoms with Gasteiger partial charge in [-0.05, 0) is 36.0 Å². The topological polar surface area (TPSA) is 0 Å². The van der Waals surface area contributed by atoms with Crippen LogP contribution in [-0.2, 0) is 17.3 Å². The SMILES string of the molecule is c1ccc(CSC2CCCC(SCc3ccccc3)(SCc3ccccc3)C2)cc1. The molecule has 30 heavy (non-hydrogen) atoms. The summed E-state index contributed by atoms with van der Waals surface area (Å²) in [5.74, 6) is 3.35. The van der Waals surface area contributed by atoms with Crippen LogP contribution in [0.3, 0.4) is 0 Å². The molecular formula is C27H30S3. The van der Waals surface area contributed by atoms with E-state index in [0.717, 1.165) is 22.5 Å². The highest BCUT2D eigenvalue weighted by Gasteiger charge is 2.37. The van der Waals surface area contributed by atoms with Crippen molar-refractivity contribution >= 4 is 35.3 Å². The van der Waals surface area contributed by atoms with Gasteiger partial charge in [-0.3, -0.25) is 0 Å². The second-order valence-electron chi connectivity index (χ2n) is 7.97. The summed E-state index contributed by atoms with van der Waals surface area (Å²) in [7, 11) is 0. The van der Waals surface area contributed by atoms with Crippen LogP contribution in [0, 0.1) is 0 Å². The second kappa shape index (κ2) is 11.4. The largest absolute Gasteiger partial charge is 0.154 e. The molecule has 3 aromatic carbocycles. The lowest BCUT2D eigenvalue weighted by Crippen LogP contribution is -2.31. The molecule has 1 aliphatic carbocycles. The highest BCUT2D eigenvalue weighted by Crippen LogP contribution is 2.52. The molecule has 1 aliphatic rings. The van der Waals surface area contributed by atoms with Gasteiger partial charge in [-0.2, -0.15) is 11.8 Å². The van der Waals surface area contributed by atoms with Gasteiger partial charge in [0.2, 0.25) is 0 Å². The van der Waals surface area contributed by atoms with Gasteiger partial charge < -0.3 is 0 Å². The average Bonchev–Trinajstić information content (AvgIpc) is 2.83. The fourth-order valence-electron chi connectivity index (χ4n) is 3.96. The Morgan fingerprint density at radius 1 is 0.633 bits per heavy atom. The fourth-order valence-corrected chi connectivity index (χ4v) is 8.68. The normalized spacial score (nSPS) is 18.2. The minimum atomic E-state index is 0.318. The molecule has 3 heteroatoms. The molecular weight excluding hydrogens is 420 g/mol.